The van der Waals surface area contributed by atoms with E-state index in [-0.39, 0.29) is 32.3 Å². The van der Waals surface area contributed by atoms with Crippen LogP contribution >= 0.6 is 0 Å². The number of ether oxygens (including phenoxy) is 1. The van der Waals surface area contributed by atoms with E-state index < -0.39 is 22.9 Å². The number of hydrogen-bond donors (Lipinski definition) is 0. The predicted octanol–water partition coefficient (Wildman–Crippen LogP) is 5.11. The molecule has 0 aliphatic heterocycles. The summed E-state index contributed by atoms with van der Waals surface area (Å²) in [5.74, 6) is -8.15. The third-order valence-corrected chi connectivity index (χ3v) is 5.52. The molecule has 5 heteroatoms. The van der Waals surface area contributed by atoms with Crippen LogP contribution in [0.4, 0.5) is 17.6 Å². The molecular weight excluding hydrogens is 296 g/mol. The monoisotopic (exact) mass is 316 g/mol. The lowest BCUT2D eigenvalue weighted by Crippen LogP contribution is -2.72. The molecule has 0 amide bonds. The molecule has 4 rings (SSSR count). The Labute approximate surface area is 127 Å². The maximum Gasteiger partial charge on any atom is 0.338 e. The standard InChI is InChI=1S/C17H20F4O/c1-12-3-5-13(6-4-12)11-22-15-9-7-14(2,8-10-15)16(18,19)17(15,20)21/h3-6H,7-11H2,1-2H3. The summed E-state index contributed by atoms with van der Waals surface area (Å²) in [7, 11) is 0. The normalized spacial score (nSPS) is 35.5. The van der Waals surface area contributed by atoms with Crippen LogP contribution in [0, 0.1) is 12.3 Å². The molecule has 22 heavy (non-hydrogen) atoms. The molecule has 122 valence electrons. The fraction of sp³-hybridized carbons (Fsp3) is 0.647. The summed E-state index contributed by atoms with van der Waals surface area (Å²) < 4.78 is 62.9. The highest BCUT2D eigenvalue weighted by Crippen LogP contribution is 2.67. The smallest absolute Gasteiger partial charge is 0.338 e. The topological polar surface area (TPSA) is 9.23 Å². The Bertz CT molecular complexity index is 557. The van der Waals surface area contributed by atoms with Gasteiger partial charge in [0.1, 0.15) is 5.60 Å². The van der Waals surface area contributed by atoms with E-state index in [4.69, 9.17) is 4.74 Å². The minimum absolute atomic E-state index is 0.0159. The van der Waals surface area contributed by atoms with Gasteiger partial charge in [0.05, 0.1) is 6.61 Å². The fourth-order valence-electron chi connectivity index (χ4n) is 3.64. The maximum absolute atomic E-state index is 14.5. The van der Waals surface area contributed by atoms with Gasteiger partial charge in [-0.15, -0.1) is 0 Å². The van der Waals surface area contributed by atoms with Crippen molar-refractivity contribution in [2.75, 3.05) is 0 Å². The van der Waals surface area contributed by atoms with Gasteiger partial charge < -0.3 is 4.74 Å². The van der Waals surface area contributed by atoms with Gasteiger partial charge in [0, 0.05) is 5.41 Å². The molecule has 1 aromatic rings. The number of aryl methyl sites for hydroxylation is 1. The molecule has 0 aromatic heterocycles. The molecule has 0 saturated heterocycles. The molecular formula is C17H20F4O. The minimum Gasteiger partial charge on any atom is -0.364 e. The van der Waals surface area contributed by atoms with Gasteiger partial charge in [-0.2, -0.15) is 17.6 Å². The van der Waals surface area contributed by atoms with Crippen molar-refractivity contribution < 1.29 is 22.3 Å². The van der Waals surface area contributed by atoms with Gasteiger partial charge in [0.2, 0.25) is 0 Å². The van der Waals surface area contributed by atoms with Crippen molar-refractivity contribution in [3.63, 3.8) is 0 Å². The number of fused-ring (bicyclic) bond motifs is 3. The maximum atomic E-state index is 14.5. The van der Waals surface area contributed by atoms with Gasteiger partial charge >= 0.3 is 11.8 Å². The van der Waals surface area contributed by atoms with E-state index >= 15 is 0 Å². The highest BCUT2D eigenvalue weighted by atomic mass is 19.3. The van der Waals surface area contributed by atoms with Crippen LogP contribution in [0.1, 0.15) is 43.7 Å². The van der Waals surface area contributed by atoms with Crippen molar-refractivity contribution in [3.8, 4) is 0 Å². The molecule has 2 bridgehead atoms. The van der Waals surface area contributed by atoms with Crippen LogP contribution in [0.25, 0.3) is 0 Å². The first kappa shape index (κ1) is 15.8. The van der Waals surface area contributed by atoms with E-state index in [1.807, 2.05) is 19.1 Å². The summed E-state index contributed by atoms with van der Waals surface area (Å²) in [5, 5.41) is 0. The molecule has 3 fully saturated rings. The second kappa shape index (κ2) is 4.70. The molecule has 3 aliphatic rings. The third kappa shape index (κ3) is 1.94. The lowest BCUT2D eigenvalue weighted by atomic mass is 9.55. The molecule has 0 spiro atoms. The molecule has 0 heterocycles. The van der Waals surface area contributed by atoms with E-state index in [0.717, 1.165) is 11.1 Å². The first-order chi connectivity index (χ1) is 10.1. The molecule has 1 nitrogen and oxygen atoms in total. The quantitative estimate of drug-likeness (QED) is 0.704. The van der Waals surface area contributed by atoms with Crippen molar-refractivity contribution in [2.45, 2.75) is 63.6 Å². The van der Waals surface area contributed by atoms with Gasteiger partial charge in [-0.1, -0.05) is 36.8 Å². The zero-order valence-corrected chi connectivity index (χ0v) is 12.8. The zero-order chi connectivity index (χ0) is 16.2. The van der Waals surface area contributed by atoms with Crippen LogP contribution in [0.2, 0.25) is 0 Å². The van der Waals surface area contributed by atoms with E-state index in [2.05, 4.69) is 0 Å². The fourth-order valence-corrected chi connectivity index (χ4v) is 3.64. The highest BCUT2D eigenvalue weighted by Gasteiger charge is 2.80. The number of alkyl halides is 4. The summed E-state index contributed by atoms with van der Waals surface area (Å²) in [6.07, 6.45) is 0.114. The van der Waals surface area contributed by atoms with Crippen LogP contribution in [0.15, 0.2) is 24.3 Å². The Morgan fingerprint density at radius 2 is 1.45 bits per heavy atom. The van der Waals surface area contributed by atoms with Crippen molar-refractivity contribution in [3.05, 3.63) is 35.4 Å². The Hall–Kier alpha value is -1.10. The highest BCUT2D eigenvalue weighted by molar-refractivity contribution is 5.22. The molecule has 1 aromatic carbocycles. The van der Waals surface area contributed by atoms with Crippen molar-refractivity contribution >= 4 is 0 Å². The molecule has 3 saturated carbocycles. The van der Waals surface area contributed by atoms with Crippen molar-refractivity contribution in [1.29, 1.82) is 0 Å². The van der Waals surface area contributed by atoms with Crippen LogP contribution in [0.3, 0.4) is 0 Å². The van der Waals surface area contributed by atoms with Gasteiger partial charge in [0.25, 0.3) is 0 Å². The SMILES string of the molecule is Cc1ccc(COC23CCC(C)(CC2)C(F)(F)C3(F)F)cc1. The second-order valence-electron chi connectivity index (χ2n) is 6.98. The van der Waals surface area contributed by atoms with Crippen molar-refractivity contribution in [1.82, 2.24) is 0 Å². The second-order valence-corrected chi connectivity index (χ2v) is 6.98. The van der Waals surface area contributed by atoms with Gasteiger partial charge in [0.15, 0.2) is 0 Å². The third-order valence-electron chi connectivity index (χ3n) is 5.52. The Balaban J connectivity index is 1.84. The van der Waals surface area contributed by atoms with E-state index in [1.54, 1.807) is 12.1 Å². The first-order valence-corrected chi connectivity index (χ1v) is 7.59. The average Bonchev–Trinajstić information content (AvgIpc) is 2.47. The predicted molar refractivity (Wildman–Crippen MR) is 75.2 cm³/mol. The lowest BCUT2D eigenvalue weighted by Gasteiger charge is -2.59. The van der Waals surface area contributed by atoms with Gasteiger partial charge in [-0.3, -0.25) is 0 Å². The van der Waals surface area contributed by atoms with Crippen LogP contribution < -0.4 is 0 Å². The summed E-state index contributed by atoms with van der Waals surface area (Å²) in [5.41, 5.74) is -1.90. The summed E-state index contributed by atoms with van der Waals surface area (Å²) in [6.45, 7) is 3.12. The molecule has 0 atom stereocenters. The lowest BCUT2D eigenvalue weighted by molar-refractivity contribution is -0.389. The largest absolute Gasteiger partial charge is 0.364 e. The molecule has 3 aliphatic carbocycles. The minimum atomic E-state index is -4.13. The molecule has 0 unspecified atom stereocenters. The summed E-state index contributed by atoms with van der Waals surface area (Å²) in [4.78, 5) is 0. The Morgan fingerprint density at radius 1 is 0.909 bits per heavy atom. The summed E-state index contributed by atoms with van der Waals surface area (Å²) >= 11 is 0. The number of rotatable bonds is 3. The van der Waals surface area contributed by atoms with E-state index in [9.17, 15) is 17.6 Å². The number of hydrogen-bond acceptors (Lipinski definition) is 1. The van der Waals surface area contributed by atoms with E-state index in [1.165, 1.54) is 6.92 Å². The Morgan fingerprint density at radius 3 is 2.00 bits per heavy atom. The van der Waals surface area contributed by atoms with Crippen LogP contribution in [0.5, 0.6) is 0 Å². The first-order valence-electron chi connectivity index (χ1n) is 7.59. The van der Waals surface area contributed by atoms with Crippen molar-refractivity contribution in [2.24, 2.45) is 5.41 Å². The average molecular weight is 316 g/mol. The number of halogens is 4. The van der Waals surface area contributed by atoms with E-state index in [0.29, 0.717) is 0 Å². The van der Waals surface area contributed by atoms with Gasteiger partial charge in [-0.25, -0.2) is 0 Å². The molecule has 0 radical (unpaired) electrons. The zero-order valence-electron chi connectivity index (χ0n) is 12.8. The summed E-state index contributed by atoms with van der Waals surface area (Å²) in [6, 6.07) is 7.25. The molecule has 0 N–H and O–H groups in total. The Kier molecular flexibility index (Phi) is 3.37. The van der Waals surface area contributed by atoms with Crippen LogP contribution in [-0.4, -0.2) is 17.4 Å². The van der Waals surface area contributed by atoms with Crippen LogP contribution in [-0.2, 0) is 11.3 Å². The number of benzene rings is 1. The van der Waals surface area contributed by atoms with Gasteiger partial charge in [-0.05, 0) is 38.2 Å².